The van der Waals surface area contributed by atoms with Crippen LogP contribution in [0.2, 0.25) is 0 Å². The van der Waals surface area contributed by atoms with Gasteiger partial charge in [0.05, 0.1) is 0 Å². The van der Waals surface area contributed by atoms with Crippen molar-refractivity contribution in [2.24, 2.45) is 5.92 Å². The highest BCUT2D eigenvalue weighted by Gasteiger charge is 2.09. The van der Waals surface area contributed by atoms with Gasteiger partial charge in [0.25, 0.3) is 0 Å². The van der Waals surface area contributed by atoms with Gasteiger partial charge < -0.3 is 0 Å². The summed E-state index contributed by atoms with van der Waals surface area (Å²) in [6, 6.07) is 1.93. The van der Waals surface area contributed by atoms with Crippen LogP contribution in [0.3, 0.4) is 0 Å². The van der Waals surface area contributed by atoms with E-state index in [1.54, 1.807) is 6.20 Å². The van der Waals surface area contributed by atoms with Gasteiger partial charge in [-0.2, -0.15) is 0 Å². The highest BCUT2D eigenvalue weighted by atomic mass is 35.5. The second-order valence-electron chi connectivity index (χ2n) is 4.03. The van der Waals surface area contributed by atoms with Crippen molar-refractivity contribution in [1.82, 2.24) is 9.97 Å². The standard InChI is InChI=1S/C11H17ClN2/c1-8(2)6-10(12)7-11-4-5-13-9(3)14-11/h4-5,8,10H,6-7H2,1-3H3. The molecule has 0 amide bonds. The lowest BCUT2D eigenvalue weighted by atomic mass is 10.0. The van der Waals surface area contributed by atoms with Crippen molar-refractivity contribution in [1.29, 1.82) is 0 Å². The third-order valence-corrected chi connectivity index (χ3v) is 2.32. The fourth-order valence-corrected chi connectivity index (χ4v) is 1.96. The minimum Gasteiger partial charge on any atom is -0.242 e. The number of hydrogen-bond donors (Lipinski definition) is 0. The van der Waals surface area contributed by atoms with Crippen molar-refractivity contribution in [2.75, 3.05) is 0 Å². The van der Waals surface area contributed by atoms with Crippen molar-refractivity contribution in [2.45, 2.75) is 39.0 Å². The van der Waals surface area contributed by atoms with E-state index in [9.17, 15) is 0 Å². The number of aryl methyl sites for hydroxylation is 1. The van der Waals surface area contributed by atoms with Gasteiger partial charge in [-0.15, -0.1) is 11.6 Å². The normalized spacial score (nSPS) is 13.2. The van der Waals surface area contributed by atoms with Crippen LogP contribution in [0.4, 0.5) is 0 Å². The van der Waals surface area contributed by atoms with E-state index in [0.29, 0.717) is 5.92 Å². The van der Waals surface area contributed by atoms with Crippen LogP contribution >= 0.6 is 11.6 Å². The van der Waals surface area contributed by atoms with Gasteiger partial charge in [-0.3, -0.25) is 0 Å². The van der Waals surface area contributed by atoms with Crippen LogP contribution in [0, 0.1) is 12.8 Å². The quantitative estimate of drug-likeness (QED) is 0.718. The zero-order chi connectivity index (χ0) is 10.6. The van der Waals surface area contributed by atoms with E-state index in [-0.39, 0.29) is 5.38 Å². The molecule has 1 aromatic heterocycles. The summed E-state index contributed by atoms with van der Waals surface area (Å²) in [4.78, 5) is 8.38. The smallest absolute Gasteiger partial charge is 0.125 e. The second-order valence-corrected chi connectivity index (χ2v) is 4.64. The second kappa shape index (κ2) is 5.30. The Bertz CT molecular complexity index is 286. The number of rotatable bonds is 4. The number of nitrogens with zero attached hydrogens (tertiary/aromatic N) is 2. The van der Waals surface area contributed by atoms with Gasteiger partial charge >= 0.3 is 0 Å². The van der Waals surface area contributed by atoms with E-state index in [4.69, 9.17) is 11.6 Å². The van der Waals surface area contributed by atoms with Crippen LogP contribution in [-0.4, -0.2) is 15.3 Å². The van der Waals surface area contributed by atoms with E-state index >= 15 is 0 Å². The van der Waals surface area contributed by atoms with Crippen molar-refractivity contribution in [3.05, 3.63) is 23.8 Å². The number of aromatic nitrogens is 2. The first kappa shape index (κ1) is 11.4. The molecule has 0 fully saturated rings. The van der Waals surface area contributed by atoms with E-state index in [2.05, 4.69) is 23.8 Å². The summed E-state index contributed by atoms with van der Waals surface area (Å²) >= 11 is 6.20. The monoisotopic (exact) mass is 212 g/mol. The van der Waals surface area contributed by atoms with E-state index in [1.165, 1.54) is 0 Å². The van der Waals surface area contributed by atoms with Crippen LogP contribution in [-0.2, 0) is 6.42 Å². The Morgan fingerprint density at radius 1 is 1.43 bits per heavy atom. The maximum atomic E-state index is 6.20. The SMILES string of the molecule is Cc1nccc(CC(Cl)CC(C)C)n1. The highest BCUT2D eigenvalue weighted by molar-refractivity contribution is 6.20. The number of halogens is 1. The van der Waals surface area contributed by atoms with E-state index in [1.807, 2.05) is 13.0 Å². The van der Waals surface area contributed by atoms with E-state index < -0.39 is 0 Å². The Balaban J connectivity index is 2.51. The van der Waals surface area contributed by atoms with Crippen molar-refractivity contribution >= 4 is 11.6 Å². The van der Waals surface area contributed by atoms with Crippen LogP contribution in [0.1, 0.15) is 31.8 Å². The molecule has 0 radical (unpaired) electrons. The van der Waals surface area contributed by atoms with Gasteiger partial charge in [0.15, 0.2) is 0 Å². The molecule has 0 spiro atoms. The maximum Gasteiger partial charge on any atom is 0.125 e. The molecule has 0 bridgehead atoms. The molecule has 0 aliphatic heterocycles. The largest absolute Gasteiger partial charge is 0.242 e. The fraction of sp³-hybridized carbons (Fsp3) is 0.636. The maximum absolute atomic E-state index is 6.20. The lowest BCUT2D eigenvalue weighted by molar-refractivity contribution is 0.558. The summed E-state index contributed by atoms with van der Waals surface area (Å²) in [7, 11) is 0. The summed E-state index contributed by atoms with van der Waals surface area (Å²) in [6.45, 7) is 6.26. The Labute approximate surface area is 90.7 Å². The molecule has 0 saturated heterocycles. The molecule has 78 valence electrons. The molecule has 1 atom stereocenters. The van der Waals surface area contributed by atoms with Crippen molar-refractivity contribution in [3.8, 4) is 0 Å². The van der Waals surface area contributed by atoms with Gasteiger partial charge in [-0.05, 0) is 25.3 Å². The molecule has 0 N–H and O–H groups in total. The molecular weight excluding hydrogens is 196 g/mol. The first-order valence-electron chi connectivity index (χ1n) is 5.00. The van der Waals surface area contributed by atoms with Gasteiger partial charge in [0, 0.05) is 23.7 Å². The van der Waals surface area contributed by atoms with Crippen molar-refractivity contribution < 1.29 is 0 Å². The first-order chi connectivity index (χ1) is 6.58. The van der Waals surface area contributed by atoms with Crippen LogP contribution < -0.4 is 0 Å². The molecule has 0 saturated carbocycles. The molecule has 1 rings (SSSR count). The lowest BCUT2D eigenvalue weighted by Gasteiger charge is -2.11. The summed E-state index contributed by atoms with van der Waals surface area (Å²) in [5, 5.41) is 0.185. The molecule has 3 heteroatoms. The van der Waals surface area contributed by atoms with Crippen LogP contribution in [0.25, 0.3) is 0 Å². The summed E-state index contributed by atoms with van der Waals surface area (Å²) in [5.41, 5.74) is 1.04. The Kier molecular flexibility index (Phi) is 4.33. The molecule has 0 aromatic carbocycles. The minimum absolute atomic E-state index is 0.185. The Hall–Kier alpha value is -0.630. The molecule has 1 aromatic rings. The fourth-order valence-electron chi connectivity index (χ4n) is 1.44. The molecule has 1 unspecified atom stereocenters. The van der Waals surface area contributed by atoms with Crippen molar-refractivity contribution in [3.63, 3.8) is 0 Å². The van der Waals surface area contributed by atoms with Crippen LogP contribution in [0.15, 0.2) is 12.3 Å². The Morgan fingerprint density at radius 2 is 2.14 bits per heavy atom. The minimum atomic E-state index is 0.185. The van der Waals surface area contributed by atoms with Gasteiger partial charge in [0.2, 0.25) is 0 Å². The molecule has 2 nitrogen and oxygen atoms in total. The molecule has 0 aliphatic rings. The predicted molar refractivity (Wildman–Crippen MR) is 59.6 cm³/mol. The third-order valence-electron chi connectivity index (χ3n) is 1.99. The number of hydrogen-bond acceptors (Lipinski definition) is 2. The predicted octanol–water partition coefficient (Wildman–Crippen LogP) is 2.98. The summed E-state index contributed by atoms with van der Waals surface area (Å²) in [5.74, 6) is 1.45. The van der Waals surface area contributed by atoms with E-state index in [0.717, 1.165) is 24.4 Å². The summed E-state index contributed by atoms with van der Waals surface area (Å²) < 4.78 is 0. The average molecular weight is 213 g/mol. The summed E-state index contributed by atoms with van der Waals surface area (Å²) in [6.07, 6.45) is 3.66. The third kappa shape index (κ3) is 4.05. The first-order valence-corrected chi connectivity index (χ1v) is 5.44. The van der Waals surface area contributed by atoms with Crippen LogP contribution in [0.5, 0.6) is 0 Å². The molecular formula is C11H17ClN2. The lowest BCUT2D eigenvalue weighted by Crippen LogP contribution is -2.09. The molecule has 14 heavy (non-hydrogen) atoms. The zero-order valence-corrected chi connectivity index (χ0v) is 9.75. The average Bonchev–Trinajstić information content (AvgIpc) is 2.01. The zero-order valence-electron chi connectivity index (χ0n) is 9.00. The van der Waals surface area contributed by atoms with Gasteiger partial charge in [-0.1, -0.05) is 13.8 Å². The highest BCUT2D eigenvalue weighted by Crippen LogP contribution is 2.14. The topological polar surface area (TPSA) is 25.8 Å². The Morgan fingerprint density at radius 3 is 2.71 bits per heavy atom. The molecule has 0 aliphatic carbocycles. The molecule has 1 heterocycles. The van der Waals surface area contributed by atoms with Gasteiger partial charge in [0.1, 0.15) is 5.82 Å². The van der Waals surface area contributed by atoms with Gasteiger partial charge in [-0.25, -0.2) is 9.97 Å². The number of alkyl halides is 1.